The van der Waals surface area contributed by atoms with Gasteiger partial charge in [-0.25, -0.2) is 18.9 Å². The second-order valence-electron chi connectivity index (χ2n) is 8.20. The molecule has 2 N–H and O–H groups in total. The van der Waals surface area contributed by atoms with Crippen molar-refractivity contribution < 1.29 is 27.8 Å². The minimum absolute atomic E-state index is 0.0340. The van der Waals surface area contributed by atoms with E-state index in [1.807, 2.05) is 0 Å². The lowest BCUT2D eigenvalue weighted by Gasteiger charge is -2.16. The van der Waals surface area contributed by atoms with Gasteiger partial charge in [-0.2, -0.15) is 13.2 Å². The van der Waals surface area contributed by atoms with E-state index in [0.29, 0.717) is 10.6 Å². The van der Waals surface area contributed by atoms with Crippen molar-refractivity contribution >= 4 is 23.2 Å². The normalized spacial score (nSPS) is 13.6. The van der Waals surface area contributed by atoms with E-state index in [1.165, 1.54) is 48.1 Å². The van der Waals surface area contributed by atoms with Gasteiger partial charge < -0.3 is 10.2 Å². The Morgan fingerprint density at radius 3 is 2.32 bits per heavy atom. The van der Waals surface area contributed by atoms with E-state index in [4.69, 9.17) is 23.2 Å². The van der Waals surface area contributed by atoms with Crippen molar-refractivity contribution in [2.24, 2.45) is 0 Å². The van der Waals surface area contributed by atoms with Crippen molar-refractivity contribution in [2.45, 2.75) is 38.4 Å². The Morgan fingerprint density at radius 1 is 1.05 bits per heavy atom. The number of hydrogen-bond acceptors (Lipinski definition) is 5. The lowest BCUT2D eigenvalue weighted by atomic mass is 10.1. The summed E-state index contributed by atoms with van der Waals surface area (Å²) < 4.78 is 56.4. The summed E-state index contributed by atoms with van der Waals surface area (Å²) in [6, 6.07) is 9.61. The fraction of sp³-hybridized carbons (Fsp3) is 0.261. The first kappa shape index (κ1) is 26.9. The van der Waals surface area contributed by atoms with Crippen molar-refractivity contribution in [1.82, 2.24) is 23.9 Å². The number of benzene rings is 2. The number of rotatable bonds is 7. The summed E-state index contributed by atoms with van der Waals surface area (Å²) in [5.74, 6) is -0.638. The molecule has 0 saturated carbocycles. The summed E-state index contributed by atoms with van der Waals surface area (Å²) in [6.45, 7) is 0.0304. The van der Waals surface area contributed by atoms with Gasteiger partial charge in [0.05, 0.1) is 24.5 Å². The van der Waals surface area contributed by atoms with E-state index in [9.17, 15) is 32.6 Å². The van der Waals surface area contributed by atoms with Gasteiger partial charge in [0.15, 0.2) is 17.8 Å². The summed E-state index contributed by atoms with van der Waals surface area (Å²) >= 11 is 11.9. The van der Waals surface area contributed by atoms with Crippen molar-refractivity contribution in [2.75, 3.05) is 0 Å². The molecule has 0 radical (unpaired) electrons. The highest BCUT2D eigenvalue weighted by Gasteiger charge is 2.39. The van der Waals surface area contributed by atoms with Crippen LogP contribution in [-0.2, 0) is 13.1 Å². The van der Waals surface area contributed by atoms with Gasteiger partial charge in [-0.1, -0.05) is 35.3 Å². The molecular weight excluding hydrogens is 541 g/mol. The highest BCUT2D eigenvalue weighted by atomic mass is 35.5. The minimum Gasteiger partial charge on any atom is -0.385 e. The average molecular weight is 560 g/mol. The lowest BCUT2D eigenvalue weighted by molar-refractivity contribution is -0.207. The SMILES string of the molecule is CC(O)c1nc(Cn2cc(-c3ccc(Cl)cc3)n(CC(O)C(F)(F)F)c2=O)n(-c2cc(F)cc(Cl)c2)n1. The van der Waals surface area contributed by atoms with Crippen LogP contribution in [0.25, 0.3) is 16.9 Å². The average Bonchev–Trinajstić information content (AvgIpc) is 3.36. The Kier molecular flexibility index (Phi) is 7.47. The van der Waals surface area contributed by atoms with Gasteiger partial charge in [0, 0.05) is 16.2 Å². The molecule has 14 heteroatoms. The third-order valence-corrected chi connectivity index (χ3v) is 5.86. The summed E-state index contributed by atoms with van der Waals surface area (Å²) in [5, 5.41) is 24.3. The first-order valence-corrected chi connectivity index (χ1v) is 11.5. The molecule has 0 saturated heterocycles. The first-order chi connectivity index (χ1) is 17.3. The Balaban J connectivity index is 1.83. The topological polar surface area (TPSA) is 98.1 Å². The predicted molar refractivity (Wildman–Crippen MR) is 127 cm³/mol. The second-order valence-corrected chi connectivity index (χ2v) is 9.07. The Morgan fingerprint density at radius 2 is 1.73 bits per heavy atom. The van der Waals surface area contributed by atoms with Crippen molar-refractivity contribution in [3.05, 3.63) is 86.7 Å². The monoisotopic (exact) mass is 559 g/mol. The molecule has 2 aromatic heterocycles. The fourth-order valence-electron chi connectivity index (χ4n) is 3.61. The maximum absolute atomic E-state index is 14.0. The van der Waals surface area contributed by atoms with Crippen molar-refractivity contribution in [1.29, 1.82) is 0 Å². The molecule has 8 nitrogen and oxygen atoms in total. The van der Waals surface area contributed by atoms with Crippen LogP contribution >= 0.6 is 23.2 Å². The van der Waals surface area contributed by atoms with Crippen molar-refractivity contribution in [3.63, 3.8) is 0 Å². The summed E-state index contributed by atoms with van der Waals surface area (Å²) in [7, 11) is 0. The highest BCUT2D eigenvalue weighted by Crippen LogP contribution is 2.26. The molecular formula is C23H19Cl2F4N5O3. The van der Waals surface area contributed by atoms with Crippen LogP contribution < -0.4 is 5.69 Å². The van der Waals surface area contributed by atoms with Crippen molar-refractivity contribution in [3.8, 4) is 16.9 Å². The third kappa shape index (κ3) is 5.87. The molecule has 2 aromatic carbocycles. The van der Waals surface area contributed by atoms with Gasteiger partial charge >= 0.3 is 11.9 Å². The highest BCUT2D eigenvalue weighted by molar-refractivity contribution is 6.31. The summed E-state index contributed by atoms with van der Waals surface area (Å²) in [5.41, 5.74) is -0.269. The zero-order valence-corrected chi connectivity index (χ0v) is 20.5. The van der Waals surface area contributed by atoms with Gasteiger partial charge in [0.25, 0.3) is 0 Å². The van der Waals surface area contributed by atoms with E-state index in [-0.39, 0.29) is 34.6 Å². The number of alkyl halides is 3. The Labute approximate surface area is 216 Å². The van der Waals surface area contributed by atoms with E-state index >= 15 is 0 Å². The molecule has 0 aliphatic rings. The molecule has 0 fully saturated rings. The van der Waals surface area contributed by atoms with Crippen LogP contribution in [0.3, 0.4) is 0 Å². The quantitative estimate of drug-likeness (QED) is 0.328. The predicted octanol–water partition coefficient (Wildman–Crippen LogP) is 4.37. The Hall–Kier alpha value is -3.19. The van der Waals surface area contributed by atoms with E-state index < -0.39 is 36.4 Å². The number of imidazole rings is 1. The van der Waals surface area contributed by atoms with Gasteiger partial charge in [0.2, 0.25) is 0 Å². The van der Waals surface area contributed by atoms with E-state index in [1.54, 1.807) is 0 Å². The summed E-state index contributed by atoms with van der Waals surface area (Å²) in [4.78, 5) is 17.5. The van der Waals surface area contributed by atoms with Crippen LogP contribution in [-0.4, -0.2) is 46.4 Å². The summed E-state index contributed by atoms with van der Waals surface area (Å²) in [6.07, 6.45) is -7.57. The number of aliphatic hydroxyl groups is 2. The maximum Gasteiger partial charge on any atom is 0.416 e. The van der Waals surface area contributed by atoms with Gasteiger partial charge in [-0.3, -0.25) is 9.13 Å². The number of nitrogens with zero attached hydrogens (tertiary/aromatic N) is 5. The molecule has 0 spiro atoms. The molecule has 196 valence electrons. The van der Waals surface area contributed by atoms with E-state index in [0.717, 1.165) is 21.3 Å². The zero-order valence-electron chi connectivity index (χ0n) is 19.0. The standard InChI is InChI=1S/C23H19Cl2F4N5O3/c1-12(35)21-30-20(34(31-21)17-7-15(25)6-16(26)8-17)11-32-9-18(13-2-4-14(24)5-3-13)33(22(32)37)10-19(36)23(27,28)29/h2-9,12,19,35-36H,10-11H2,1H3. The van der Waals surface area contributed by atoms with Crippen LogP contribution in [0.15, 0.2) is 53.5 Å². The molecule has 2 heterocycles. The molecule has 37 heavy (non-hydrogen) atoms. The van der Waals surface area contributed by atoms with Gasteiger partial charge in [0.1, 0.15) is 11.9 Å². The molecule has 4 rings (SSSR count). The number of aliphatic hydroxyl groups excluding tert-OH is 2. The van der Waals surface area contributed by atoms with E-state index in [2.05, 4.69) is 10.1 Å². The van der Waals surface area contributed by atoms with Crippen LogP contribution in [0.1, 0.15) is 24.7 Å². The number of halogens is 6. The third-order valence-electron chi connectivity index (χ3n) is 5.39. The number of hydrogen-bond donors (Lipinski definition) is 2. The Bertz CT molecular complexity index is 1460. The molecule has 0 amide bonds. The smallest absolute Gasteiger partial charge is 0.385 e. The molecule has 0 aliphatic carbocycles. The first-order valence-electron chi connectivity index (χ1n) is 10.7. The molecule has 2 atom stereocenters. The van der Waals surface area contributed by atoms with Gasteiger partial charge in [-0.15, -0.1) is 5.10 Å². The number of aromatic nitrogens is 5. The van der Waals surface area contributed by atoms with Crippen LogP contribution in [0.5, 0.6) is 0 Å². The molecule has 2 unspecified atom stereocenters. The largest absolute Gasteiger partial charge is 0.416 e. The molecule has 0 bridgehead atoms. The minimum atomic E-state index is -4.96. The lowest BCUT2D eigenvalue weighted by Crippen LogP contribution is -2.37. The van der Waals surface area contributed by atoms with Gasteiger partial charge in [-0.05, 0) is 42.8 Å². The van der Waals surface area contributed by atoms with Crippen LogP contribution in [0.4, 0.5) is 17.6 Å². The molecule has 0 aliphatic heterocycles. The fourth-order valence-corrected chi connectivity index (χ4v) is 3.95. The maximum atomic E-state index is 14.0. The second kappa shape index (κ2) is 10.3. The molecule has 4 aromatic rings. The van der Waals surface area contributed by atoms with Crippen LogP contribution in [0, 0.1) is 5.82 Å². The van der Waals surface area contributed by atoms with Crippen LogP contribution in [0.2, 0.25) is 10.0 Å². The zero-order chi connectivity index (χ0) is 27.1.